The number of anilines is 1. The van der Waals surface area contributed by atoms with Gasteiger partial charge in [0.1, 0.15) is 12.1 Å². The van der Waals surface area contributed by atoms with E-state index in [0.29, 0.717) is 0 Å². The van der Waals surface area contributed by atoms with Gasteiger partial charge < -0.3 is 5.32 Å². The largest absolute Gasteiger partial charge is 0.370 e. The number of aromatic nitrogens is 3. The highest BCUT2D eigenvalue weighted by Gasteiger charge is 1.97. The van der Waals surface area contributed by atoms with Crippen molar-refractivity contribution >= 4 is 5.82 Å². The molecule has 0 unspecified atom stereocenters. The summed E-state index contributed by atoms with van der Waals surface area (Å²) < 4.78 is 0. The Balaban J connectivity index is 1.86. The van der Waals surface area contributed by atoms with Crippen molar-refractivity contribution in [1.29, 1.82) is 0 Å². The highest BCUT2D eigenvalue weighted by Crippen LogP contribution is 2.05. The summed E-state index contributed by atoms with van der Waals surface area (Å²) in [5.74, 6) is 0.890. The molecular weight excluding hydrogens is 212 g/mol. The van der Waals surface area contributed by atoms with Crippen LogP contribution in [0.25, 0.3) is 0 Å². The molecule has 0 aromatic carbocycles. The van der Waals surface area contributed by atoms with E-state index in [2.05, 4.69) is 33.3 Å². The van der Waals surface area contributed by atoms with Gasteiger partial charge in [-0.05, 0) is 24.5 Å². The number of nitrogens with zero attached hydrogens (tertiary/aromatic N) is 3. The van der Waals surface area contributed by atoms with Crippen molar-refractivity contribution in [3.63, 3.8) is 0 Å². The standard InChI is InChI=1S/C13H16N4/c1-2-12-8-13(17-10-16-12)15-7-5-11-4-3-6-14-9-11/h3-4,6,8-10H,2,5,7H2,1H3,(H,15,16,17). The zero-order chi connectivity index (χ0) is 11.9. The smallest absolute Gasteiger partial charge is 0.129 e. The molecule has 2 aromatic rings. The Morgan fingerprint density at radius 2 is 2.24 bits per heavy atom. The van der Waals surface area contributed by atoms with Gasteiger partial charge in [0.05, 0.1) is 0 Å². The minimum Gasteiger partial charge on any atom is -0.370 e. The van der Waals surface area contributed by atoms with Crippen molar-refractivity contribution in [2.75, 3.05) is 11.9 Å². The summed E-state index contributed by atoms with van der Waals surface area (Å²) in [6.07, 6.45) is 7.15. The summed E-state index contributed by atoms with van der Waals surface area (Å²) in [6, 6.07) is 6.02. The maximum absolute atomic E-state index is 4.18. The molecule has 0 aliphatic carbocycles. The van der Waals surface area contributed by atoms with Crippen LogP contribution in [0.2, 0.25) is 0 Å². The second-order valence-corrected chi connectivity index (χ2v) is 3.79. The zero-order valence-corrected chi connectivity index (χ0v) is 9.93. The van der Waals surface area contributed by atoms with Gasteiger partial charge in [0.25, 0.3) is 0 Å². The van der Waals surface area contributed by atoms with E-state index in [1.54, 1.807) is 12.5 Å². The van der Waals surface area contributed by atoms with Gasteiger partial charge in [-0.3, -0.25) is 4.98 Å². The molecule has 0 fully saturated rings. The lowest BCUT2D eigenvalue weighted by molar-refractivity contribution is 0.963. The van der Waals surface area contributed by atoms with Gasteiger partial charge in [0.15, 0.2) is 0 Å². The molecule has 2 heterocycles. The predicted octanol–water partition coefficient (Wildman–Crippen LogP) is 2.09. The molecule has 2 rings (SSSR count). The van der Waals surface area contributed by atoms with Crippen LogP contribution in [0.1, 0.15) is 18.2 Å². The number of aryl methyl sites for hydroxylation is 1. The van der Waals surface area contributed by atoms with Gasteiger partial charge in [0.2, 0.25) is 0 Å². The van der Waals surface area contributed by atoms with E-state index >= 15 is 0 Å². The molecule has 0 saturated heterocycles. The van der Waals surface area contributed by atoms with Gasteiger partial charge in [-0.25, -0.2) is 9.97 Å². The molecule has 17 heavy (non-hydrogen) atoms. The van der Waals surface area contributed by atoms with Gasteiger partial charge in [-0.1, -0.05) is 13.0 Å². The molecule has 4 heteroatoms. The maximum Gasteiger partial charge on any atom is 0.129 e. The third-order valence-corrected chi connectivity index (χ3v) is 2.53. The van der Waals surface area contributed by atoms with Crippen LogP contribution >= 0.6 is 0 Å². The first-order valence-electron chi connectivity index (χ1n) is 5.82. The minimum atomic E-state index is 0.853. The number of nitrogens with one attached hydrogen (secondary N) is 1. The van der Waals surface area contributed by atoms with E-state index in [4.69, 9.17) is 0 Å². The van der Waals surface area contributed by atoms with E-state index < -0.39 is 0 Å². The van der Waals surface area contributed by atoms with Crippen LogP contribution < -0.4 is 5.32 Å². The zero-order valence-electron chi connectivity index (χ0n) is 9.93. The van der Waals surface area contributed by atoms with Crippen molar-refractivity contribution in [2.24, 2.45) is 0 Å². The molecule has 1 N–H and O–H groups in total. The first-order valence-corrected chi connectivity index (χ1v) is 5.82. The van der Waals surface area contributed by atoms with Crippen LogP contribution in [-0.2, 0) is 12.8 Å². The number of rotatable bonds is 5. The minimum absolute atomic E-state index is 0.853. The molecule has 0 atom stereocenters. The van der Waals surface area contributed by atoms with Crippen LogP contribution in [0.15, 0.2) is 36.9 Å². The summed E-state index contributed by atoms with van der Waals surface area (Å²) in [4.78, 5) is 12.4. The molecule has 0 amide bonds. The molecule has 0 aliphatic heterocycles. The molecule has 4 nitrogen and oxygen atoms in total. The average Bonchev–Trinajstić information content (AvgIpc) is 2.40. The van der Waals surface area contributed by atoms with Crippen molar-refractivity contribution < 1.29 is 0 Å². The second-order valence-electron chi connectivity index (χ2n) is 3.79. The van der Waals surface area contributed by atoms with E-state index in [9.17, 15) is 0 Å². The lowest BCUT2D eigenvalue weighted by Crippen LogP contribution is -2.07. The normalized spacial score (nSPS) is 10.2. The van der Waals surface area contributed by atoms with Crippen molar-refractivity contribution in [3.05, 3.63) is 48.2 Å². The van der Waals surface area contributed by atoms with Gasteiger partial charge >= 0.3 is 0 Å². The molecule has 0 saturated carbocycles. The highest BCUT2D eigenvalue weighted by atomic mass is 15.0. The molecular formula is C13H16N4. The highest BCUT2D eigenvalue weighted by molar-refractivity contribution is 5.34. The van der Waals surface area contributed by atoms with Crippen molar-refractivity contribution in [2.45, 2.75) is 19.8 Å². The Hall–Kier alpha value is -1.97. The molecule has 88 valence electrons. The van der Waals surface area contributed by atoms with Gasteiger partial charge in [-0.2, -0.15) is 0 Å². The maximum atomic E-state index is 4.18. The second kappa shape index (κ2) is 5.94. The fourth-order valence-electron chi connectivity index (χ4n) is 1.57. The monoisotopic (exact) mass is 228 g/mol. The Bertz CT molecular complexity index is 456. The summed E-state index contributed by atoms with van der Waals surface area (Å²) in [5.41, 5.74) is 2.29. The first kappa shape index (κ1) is 11.5. The fraction of sp³-hybridized carbons (Fsp3) is 0.308. The summed E-state index contributed by atoms with van der Waals surface area (Å²) in [7, 11) is 0. The summed E-state index contributed by atoms with van der Waals surface area (Å²) in [5, 5.41) is 3.29. The molecule has 0 radical (unpaired) electrons. The van der Waals surface area contributed by atoms with Crippen LogP contribution in [0, 0.1) is 0 Å². The Kier molecular flexibility index (Phi) is 4.02. The molecule has 0 aliphatic rings. The summed E-state index contributed by atoms with van der Waals surface area (Å²) in [6.45, 7) is 2.94. The summed E-state index contributed by atoms with van der Waals surface area (Å²) >= 11 is 0. The SMILES string of the molecule is CCc1cc(NCCc2cccnc2)ncn1. The number of pyridine rings is 1. The first-order chi connectivity index (χ1) is 8.38. The fourth-order valence-corrected chi connectivity index (χ4v) is 1.57. The van der Waals surface area contributed by atoms with E-state index in [-0.39, 0.29) is 0 Å². The molecule has 0 spiro atoms. The Morgan fingerprint density at radius 1 is 1.29 bits per heavy atom. The third-order valence-electron chi connectivity index (χ3n) is 2.53. The van der Waals surface area contributed by atoms with Crippen LogP contribution in [0.3, 0.4) is 0 Å². The third kappa shape index (κ3) is 3.52. The van der Waals surface area contributed by atoms with Crippen molar-refractivity contribution in [1.82, 2.24) is 15.0 Å². The molecule has 2 aromatic heterocycles. The molecule has 0 bridgehead atoms. The number of hydrogen-bond donors (Lipinski definition) is 1. The predicted molar refractivity (Wildman–Crippen MR) is 67.8 cm³/mol. The lowest BCUT2D eigenvalue weighted by Gasteiger charge is -2.06. The Labute approximate surface area is 101 Å². The van der Waals surface area contributed by atoms with E-state index in [0.717, 1.165) is 30.9 Å². The van der Waals surface area contributed by atoms with Gasteiger partial charge in [-0.15, -0.1) is 0 Å². The van der Waals surface area contributed by atoms with Crippen molar-refractivity contribution in [3.8, 4) is 0 Å². The quantitative estimate of drug-likeness (QED) is 0.851. The Morgan fingerprint density at radius 3 is 3.00 bits per heavy atom. The van der Waals surface area contributed by atoms with E-state index in [1.165, 1.54) is 5.56 Å². The number of hydrogen-bond acceptors (Lipinski definition) is 4. The topological polar surface area (TPSA) is 50.7 Å². The van der Waals surface area contributed by atoms with Crippen LogP contribution in [0.5, 0.6) is 0 Å². The van der Waals surface area contributed by atoms with Crippen LogP contribution in [0.4, 0.5) is 5.82 Å². The van der Waals surface area contributed by atoms with Gasteiger partial charge in [0, 0.05) is 30.7 Å². The van der Waals surface area contributed by atoms with Crippen LogP contribution in [-0.4, -0.2) is 21.5 Å². The van der Waals surface area contributed by atoms with E-state index in [1.807, 2.05) is 18.3 Å². The lowest BCUT2D eigenvalue weighted by atomic mass is 10.2. The average molecular weight is 228 g/mol.